The molecule has 0 heterocycles. The van der Waals surface area contributed by atoms with Gasteiger partial charge in [0.2, 0.25) is 0 Å². The fraction of sp³-hybridized carbons (Fsp3) is 0. The Bertz CT molecular complexity index is 1210. The van der Waals surface area contributed by atoms with E-state index in [1.807, 2.05) is 91.0 Å². The van der Waals surface area contributed by atoms with Crippen LogP contribution >= 0.6 is 7.92 Å². The van der Waals surface area contributed by atoms with Gasteiger partial charge < -0.3 is 0 Å². The van der Waals surface area contributed by atoms with Crippen molar-refractivity contribution >= 4 is 53.4 Å². The molecule has 30 heavy (non-hydrogen) atoms. The molecule has 0 bridgehead atoms. The molecule has 7 heteroatoms. The normalized spacial score (nSPS) is 9.20. The molecule has 0 saturated carbocycles. The first-order valence-electron chi connectivity index (χ1n) is 8.36. The van der Waals surface area contributed by atoms with Gasteiger partial charge in [-0.2, -0.15) is 26.3 Å². The summed E-state index contributed by atoms with van der Waals surface area (Å²) in [5.74, 6) is 0. The Balaban J connectivity index is 0.00000320. The van der Waals surface area contributed by atoms with Crippen LogP contribution in [0.2, 0.25) is 0 Å². The van der Waals surface area contributed by atoms with Crippen LogP contribution in [0.15, 0.2) is 60.7 Å². The third-order valence-corrected chi connectivity index (χ3v) is 6.81. The van der Waals surface area contributed by atoms with E-state index in [-0.39, 0.29) is 57.4 Å². The smallest absolute Gasteiger partial charge is 0.102 e. The van der Waals surface area contributed by atoms with E-state index < -0.39 is 7.92 Å². The molecule has 0 aliphatic carbocycles. The molecular formula is C23H10N5NaP. The van der Waals surface area contributed by atoms with Crippen molar-refractivity contribution in [3.05, 3.63) is 88.5 Å². The van der Waals surface area contributed by atoms with Gasteiger partial charge in [-0.05, 0) is 18.5 Å². The van der Waals surface area contributed by atoms with E-state index in [9.17, 15) is 26.3 Å². The molecule has 0 fully saturated rings. The van der Waals surface area contributed by atoms with E-state index in [4.69, 9.17) is 0 Å². The minimum absolute atomic E-state index is 0. The predicted molar refractivity (Wildman–Crippen MR) is 114 cm³/mol. The van der Waals surface area contributed by atoms with Crippen LogP contribution < -0.4 is 15.9 Å². The number of benzene rings is 3. The SMILES string of the molecule is N#Cc1c(C#N)c(C#N)c(P(c2ccccc2)c2ccccc2)c(C#N)c1C#N.[Na]. The minimum Gasteiger partial charge on any atom is -0.192 e. The maximum absolute atomic E-state index is 9.88. The number of hydrogen-bond acceptors (Lipinski definition) is 5. The predicted octanol–water partition coefficient (Wildman–Crippen LogP) is 2.42. The first kappa shape index (κ1) is 22.8. The van der Waals surface area contributed by atoms with Crippen LogP contribution in [0.25, 0.3) is 0 Å². The Kier molecular flexibility index (Phi) is 7.88. The van der Waals surface area contributed by atoms with E-state index in [1.165, 1.54) is 0 Å². The zero-order chi connectivity index (χ0) is 20.8. The fourth-order valence-electron chi connectivity index (χ4n) is 3.07. The van der Waals surface area contributed by atoms with Crippen molar-refractivity contribution < 1.29 is 0 Å². The van der Waals surface area contributed by atoms with Crippen molar-refractivity contribution in [2.45, 2.75) is 0 Å². The first-order chi connectivity index (χ1) is 14.2. The van der Waals surface area contributed by atoms with E-state index in [2.05, 4.69) is 0 Å². The van der Waals surface area contributed by atoms with Crippen molar-refractivity contribution in [3.8, 4) is 30.3 Å². The summed E-state index contributed by atoms with van der Waals surface area (Å²) < 4.78 is 0. The minimum atomic E-state index is -1.42. The van der Waals surface area contributed by atoms with Crippen LogP contribution in [0.5, 0.6) is 0 Å². The van der Waals surface area contributed by atoms with Gasteiger partial charge in [0.15, 0.2) is 0 Å². The molecule has 5 nitrogen and oxygen atoms in total. The van der Waals surface area contributed by atoms with Gasteiger partial charge >= 0.3 is 0 Å². The molecule has 3 aromatic carbocycles. The molecule has 0 aliphatic heterocycles. The first-order valence-corrected chi connectivity index (χ1v) is 9.70. The molecule has 0 unspecified atom stereocenters. The Hall–Kier alpha value is -3.46. The summed E-state index contributed by atoms with van der Waals surface area (Å²) in [6.07, 6.45) is 0. The maximum Gasteiger partial charge on any atom is 0.102 e. The average molecular weight is 410 g/mol. The molecule has 0 spiro atoms. The molecule has 3 aromatic rings. The van der Waals surface area contributed by atoms with Gasteiger partial charge in [0.05, 0.1) is 27.8 Å². The van der Waals surface area contributed by atoms with E-state index >= 15 is 0 Å². The second-order valence-corrected chi connectivity index (χ2v) is 7.94. The zero-order valence-corrected chi connectivity index (χ0v) is 18.9. The molecule has 0 amide bonds. The van der Waals surface area contributed by atoms with Gasteiger partial charge in [0, 0.05) is 34.9 Å². The molecule has 1 radical (unpaired) electrons. The summed E-state index contributed by atoms with van der Waals surface area (Å²) in [6.45, 7) is 0. The summed E-state index contributed by atoms with van der Waals surface area (Å²) in [6, 6.07) is 28.3. The molecule has 0 atom stereocenters. The average Bonchev–Trinajstić information content (AvgIpc) is 2.79. The molecule has 0 N–H and O–H groups in total. The van der Waals surface area contributed by atoms with Crippen LogP contribution in [-0.2, 0) is 0 Å². The third kappa shape index (κ3) is 3.97. The molecule has 0 saturated heterocycles. The van der Waals surface area contributed by atoms with Crippen LogP contribution in [0.3, 0.4) is 0 Å². The summed E-state index contributed by atoms with van der Waals surface area (Å²) in [5, 5.41) is 50.6. The second-order valence-electron chi connectivity index (χ2n) is 5.79. The quantitative estimate of drug-likeness (QED) is 0.485. The third-order valence-electron chi connectivity index (χ3n) is 4.29. The van der Waals surface area contributed by atoms with Crippen molar-refractivity contribution in [1.29, 1.82) is 26.3 Å². The molecule has 3 rings (SSSR count). The van der Waals surface area contributed by atoms with Crippen LogP contribution in [-0.4, -0.2) is 29.6 Å². The summed E-state index contributed by atoms with van der Waals surface area (Å²) in [4.78, 5) is 0. The van der Waals surface area contributed by atoms with Gasteiger partial charge in [-0.3, -0.25) is 0 Å². The zero-order valence-electron chi connectivity index (χ0n) is 16.0. The Morgan fingerprint density at radius 2 is 0.767 bits per heavy atom. The number of nitriles is 5. The molecule has 0 aromatic heterocycles. The summed E-state index contributed by atoms with van der Waals surface area (Å²) in [5.41, 5.74) is -0.625. The maximum atomic E-state index is 9.88. The Labute approximate surface area is 197 Å². The monoisotopic (exact) mass is 410 g/mol. The molecule has 0 aliphatic rings. The van der Waals surface area contributed by atoms with Gasteiger partial charge in [0.25, 0.3) is 0 Å². The van der Waals surface area contributed by atoms with Crippen LogP contribution in [0, 0.1) is 56.7 Å². The Morgan fingerprint density at radius 3 is 1.07 bits per heavy atom. The van der Waals surface area contributed by atoms with E-state index in [1.54, 1.807) is 0 Å². The topological polar surface area (TPSA) is 119 Å². The number of hydrogen-bond donors (Lipinski definition) is 0. The molecular weight excluding hydrogens is 400 g/mol. The molecule has 133 valence electrons. The van der Waals surface area contributed by atoms with Crippen molar-refractivity contribution in [3.63, 3.8) is 0 Å². The second kappa shape index (κ2) is 10.4. The number of nitrogens with zero attached hydrogens (tertiary/aromatic N) is 5. The summed E-state index contributed by atoms with van der Waals surface area (Å²) >= 11 is 0. The van der Waals surface area contributed by atoms with E-state index in [0.29, 0.717) is 5.30 Å². The number of rotatable bonds is 3. The standard InChI is InChI=1S/C23H10N5P.Na/c24-11-18-19(12-25)21(14-27)23(22(15-28)20(18)13-26)29(16-7-3-1-4-8-16)17-9-5-2-6-10-17;/h1-10H;. The largest absolute Gasteiger partial charge is 0.192 e. The van der Waals surface area contributed by atoms with Gasteiger partial charge in [-0.1, -0.05) is 60.7 Å². The van der Waals surface area contributed by atoms with Crippen LogP contribution in [0.4, 0.5) is 0 Å². The van der Waals surface area contributed by atoms with Crippen molar-refractivity contribution in [1.82, 2.24) is 0 Å². The van der Waals surface area contributed by atoms with Gasteiger partial charge in [-0.25, -0.2) is 0 Å². The Morgan fingerprint density at radius 1 is 0.467 bits per heavy atom. The van der Waals surface area contributed by atoms with Gasteiger partial charge in [0.1, 0.15) is 30.3 Å². The summed E-state index contributed by atoms with van der Waals surface area (Å²) in [7, 11) is -1.42. The van der Waals surface area contributed by atoms with Crippen LogP contribution in [0.1, 0.15) is 27.8 Å². The fourth-order valence-corrected chi connectivity index (χ4v) is 5.60. The van der Waals surface area contributed by atoms with Crippen molar-refractivity contribution in [2.24, 2.45) is 0 Å². The van der Waals surface area contributed by atoms with Gasteiger partial charge in [-0.15, -0.1) is 0 Å². The van der Waals surface area contributed by atoms with Crippen molar-refractivity contribution in [2.75, 3.05) is 0 Å². The van der Waals surface area contributed by atoms with E-state index in [0.717, 1.165) is 10.6 Å².